The van der Waals surface area contributed by atoms with E-state index >= 15 is 0 Å². The number of cyclic esters (lactones) is 1. The second-order valence-corrected chi connectivity index (χ2v) is 8.93. The molecule has 0 aromatic carbocycles. The van der Waals surface area contributed by atoms with E-state index in [-0.39, 0.29) is 29.9 Å². The van der Waals surface area contributed by atoms with Gasteiger partial charge in [-0.2, -0.15) is 4.68 Å². The number of hydrogen-bond acceptors (Lipinski definition) is 9. The minimum atomic E-state index is -0.330. The Bertz CT molecular complexity index is 1040. The highest BCUT2D eigenvalue weighted by Gasteiger charge is 2.53. The summed E-state index contributed by atoms with van der Waals surface area (Å²) in [5, 5.41) is 14.5. The van der Waals surface area contributed by atoms with Crippen LogP contribution in [0.25, 0.3) is 5.82 Å². The first-order chi connectivity index (χ1) is 15.5. The molecule has 2 aromatic rings. The number of amides is 1. The summed E-state index contributed by atoms with van der Waals surface area (Å²) in [6, 6.07) is 0.413. The van der Waals surface area contributed by atoms with E-state index in [1.54, 1.807) is 19.3 Å². The van der Waals surface area contributed by atoms with Crippen LogP contribution in [0.1, 0.15) is 51.6 Å². The van der Waals surface area contributed by atoms with Gasteiger partial charge in [0.25, 0.3) is 0 Å². The summed E-state index contributed by atoms with van der Waals surface area (Å²) >= 11 is 0. The maximum absolute atomic E-state index is 13.4. The first kappa shape index (κ1) is 20.7. The molecule has 1 atom stereocenters. The summed E-state index contributed by atoms with van der Waals surface area (Å²) < 4.78 is 6.60. The van der Waals surface area contributed by atoms with Crippen LogP contribution in [0.4, 0.5) is 0 Å². The number of hydrogen-bond donors (Lipinski definition) is 1. The highest BCUT2D eigenvalue weighted by Crippen LogP contribution is 2.49. The number of rotatable bonds is 5. The second kappa shape index (κ2) is 8.05. The third kappa shape index (κ3) is 3.56. The zero-order valence-corrected chi connectivity index (χ0v) is 18.2. The Hall–Kier alpha value is -3.21. The molecule has 168 valence electrons. The Morgan fingerprint density at radius 2 is 2.03 bits per heavy atom. The van der Waals surface area contributed by atoms with Crippen LogP contribution in [0.3, 0.4) is 0 Å². The molecule has 2 aliphatic heterocycles. The van der Waals surface area contributed by atoms with Crippen molar-refractivity contribution in [2.24, 2.45) is 5.41 Å². The summed E-state index contributed by atoms with van der Waals surface area (Å²) in [4.78, 5) is 35.8. The SMILES string of the molecule is CC1=C(N2C(=O)[C@]3(CC[C@@H](NCc4cnc(-n5cnnn5)cn4)CC3)C[C@@H]2C)COC1=O. The van der Waals surface area contributed by atoms with Gasteiger partial charge >= 0.3 is 5.97 Å². The molecular formula is C21H26N8O3. The zero-order valence-electron chi connectivity index (χ0n) is 18.2. The molecule has 0 radical (unpaired) electrons. The lowest BCUT2D eigenvalue weighted by atomic mass is 9.70. The van der Waals surface area contributed by atoms with Crippen LogP contribution in [-0.4, -0.2) is 65.6 Å². The Morgan fingerprint density at radius 1 is 1.22 bits per heavy atom. The fraction of sp³-hybridized carbons (Fsp3) is 0.571. The molecule has 0 unspecified atom stereocenters. The molecule has 3 aliphatic rings. The van der Waals surface area contributed by atoms with Gasteiger partial charge in [-0.15, -0.1) is 5.10 Å². The molecule has 5 rings (SSSR count). The van der Waals surface area contributed by atoms with Gasteiger partial charge in [0.15, 0.2) is 5.82 Å². The van der Waals surface area contributed by atoms with Gasteiger partial charge in [0.1, 0.15) is 12.9 Å². The van der Waals surface area contributed by atoms with Crippen molar-refractivity contribution < 1.29 is 14.3 Å². The fourth-order valence-electron chi connectivity index (χ4n) is 5.17. The number of nitrogens with zero attached hydrogens (tertiary/aromatic N) is 7. The lowest BCUT2D eigenvalue weighted by Crippen LogP contribution is -2.42. The summed E-state index contributed by atoms with van der Waals surface area (Å²) in [5.74, 6) is 0.402. The van der Waals surface area contributed by atoms with Gasteiger partial charge in [0.05, 0.1) is 34.8 Å². The molecule has 4 heterocycles. The minimum Gasteiger partial charge on any atom is -0.456 e. The molecule has 1 N–H and O–H groups in total. The van der Waals surface area contributed by atoms with Crippen molar-refractivity contribution in [1.29, 1.82) is 0 Å². The van der Waals surface area contributed by atoms with E-state index in [2.05, 4.69) is 37.7 Å². The van der Waals surface area contributed by atoms with Gasteiger partial charge in [-0.3, -0.25) is 9.78 Å². The van der Waals surface area contributed by atoms with Crippen LogP contribution in [0.2, 0.25) is 0 Å². The Labute approximate surface area is 185 Å². The Kier molecular flexibility index (Phi) is 5.20. The van der Waals surface area contributed by atoms with E-state index in [1.807, 2.05) is 4.90 Å². The highest BCUT2D eigenvalue weighted by atomic mass is 16.5. The van der Waals surface area contributed by atoms with Crippen LogP contribution in [0.15, 0.2) is 30.0 Å². The number of nitrogens with one attached hydrogen (secondary N) is 1. The smallest absolute Gasteiger partial charge is 0.336 e. The molecule has 32 heavy (non-hydrogen) atoms. The molecule has 11 nitrogen and oxygen atoms in total. The van der Waals surface area contributed by atoms with E-state index in [0.717, 1.165) is 43.5 Å². The number of esters is 1. The van der Waals surface area contributed by atoms with Crippen molar-refractivity contribution in [3.63, 3.8) is 0 Å². The highest BCUT2D eigenvalue weighted by molar-refractivity contribution is 5.94. The van der Waals surface area contributed by atoms with Gasteiger partial charge in [-0.25, -0.2) is 9.78 Å². The number of ether oxygens (including phenoxy) is 1. The zero-order chi connectivity index (χ0) is 22.3. The normalized spacial score (nSPS) is 28.1. The van der Waals surface area contributed by atoms with Crippen LogP contribution < -0.4 is 5.32 Å². The van der Waals surface area contributed by atoms with Crippen LogP contribution in [0, 0.1) is 5.41 Å². The van der Waals surface area contributed by atoms with Crippen molar-refractivity contribution in [2.75, 3.05) is 6.61 Å². The monoisotopic (exact) mass is 438 g/mol. The van der Waals surface area contributed by atoms with Crippen molar-refractivity contribution in [1.82, 2.24) is 40.4 Å². The Balaban J connectivity index is 1.17. The fourth-order valence-corrected chi connectivity index (χ4v) is 5.17. The molecule has 1 aliphatic carbocycles. The minimum absolute atomic E-state index is 0.0837. The van der Waals surface area contributed by atoms with Crippen molar-refractivity contribution in [2.45, 2.75) is 64.6 Å². The topological polar surface area (TPSA) is 128 Å². The quantitative estimate of drug-likeness (QED) is 0.678. The van der Waals surface area contributed by atoms with E-state index in [0.29, 0.717) is 24.0 Å². The summed E-state index contributed by atoms with van der Waals surface area (Å²) in [7, 11) is 0. The molecule has 2 fully saturated rings. The van der Waals surface area contributed by atoms with Crippen LogP contribution in [-0.2, 0) is 20.9 Å². The maximum Gasteiger partial charge on any atom is 0.336 e. The molecule has 1 spiro atoms. The van der Waals surface area contributed by atoms with E-state index < -0.39 is 0 Å². The van der Waals surface area contributed by atoms with Crippen molar-refractivity contribution in [3.8, 4) is 5.82 Å². The predicted octanol–water partition coefficient (Wildman–Crippen LogP) is 0.922. The molecule has 0 bridgehead atoms. The van der Waals surface area contributed by atoms with Gasteiger partial charge < -0.3 is 15.0 Å². The summed E-state index contributed by atoms with van der Waals surface area (Å²) in [6.07, 6.45) is 9.20. The molecular weight excluding hydrogens is 412 g/mol. The predicted molar refractivity (Wildman–Crippen MR) is 111 cm³/mol. The van der Waals surface area contributed by atoms with Crippen LogP contribution >= 0.6 is 0 Å². The molecule has 2 aromatic heterocycles. The standard InChI is InChI=1S/C21H26N8O3/c1-13-7-21(20(31)29(13)17-11-32-19(30)14(17)2)5-3-15(4-6-21)22-8-16-9-24-18(10-23-16)28-12-25-26-27-28/h9-10,12-13,15,22H,3-8,11H2,1-2H3/t13-,15-,21+/m0/s1. The lowest BCUT2D eigenvalue weighted by Gasteiger charge is -2.36. The second-order valence-electron chi connectivity index (χ2n) is 8.93. The third-order valence-electron chi connectivity index (χ3n) is 6.96. The summed E-state index contributed by atoms with van der Waals surface area (Å²) in [5.41, 5.74) is 1.81. The molecule has 11 heteroatoms. The molecule has 1 saturated heterocycles. The number of aromatic nitrogens is 6. The first-order valence-electron chi connectivity index (χ1n) is 10.9. The van der Waals surface area contributed by atoms with Gasteiger partial charge in [0, 0.05) is 18.6 Å². The van der Waals surface area contributed by atoms with Gasteiger partial charge in [-0.05, 0) is 56.4 Å². The first-order valence-corrected chi connectivity index (χ1v) is 10.9. The van der Waals surface area contributed by atoms with Gasteiger partial charge in [0.2, 0.25) is 5.91 Å². The van der Waals surface area contributed by atoms with Crippen molar-refractivity contribution in [3.05, 3.63) is 35.7 Å². The lowest BCUT2D eigenvalue weighted by molar-refractivity contribution is -0.138. The molecule has 1 amide bonds. The number of carbonyl (C=O) groups is 2. The maximum atomic E-state index is 13.4. The Morgan fingerprint density at radius 3 is 2.66 bits per heavy atom. The van der Waals surface area contributed by atoms with Crippen LogP contribution in [0.5, 0.6) is 0 Å². The number of tetrazole rings is 1. The average molecular weight is 438 g/mol. The van der Waals surface area contributed by atoms with Crippen molar-refractivity contribution >= 4 is 11.9 Å². The number of carbonyl (C=O) groups excluding carboxylic acids is 2. The van der Waals surface area contributed by atoms with E-state index in [1.165, 1.54) is 11.0 Å². The summed E-state index contributed by atoms with van der Waals surface area (Å²) in [6.45, 7) is 4.63. The van der Waals surface area contributed by atoms with Gasteiger partial charge in [-0.1, -0.05) is 0 Å². The van der Waals surface area contributed by atoms with E-state index in [9.17, 15) is 9.59 Å². The third-order valence-corrected chi connectivity index (χ3v) is 6.96. The number of likely N-dealkylation sites (tertiary alicyclic amines) is 1. The van der Waals surface area contributed by atoms with E-state index in [4.69, 9.17) is 4.74 Å². The molecule has 1 saturated carbocycles. The largest absolute Gasteiger partial charge is 0.456 e. The average Bonchev–Trinajstić information content (AvgIpc) is 3.50.